The highest BCUT2D eigenvalue weighted by atomic mass is 19.1. The Balaban J connectivity index is 2.47. The molecule has 0 aromatic heterocycles. The Kier molecular flexibility index (Phi) is 3.43. The minimum Gasteiger partial charge on any atom is -0.467 e. The van der Waals surface area contributed by atoms with Crippen LogP contribution in [-0.2, 0) is 28.9 Å². The van der Waals surface area contributed by atoms with Gasteiger partial charge >= 0.3 is 5.97 Å². The molecule has 0 saturated heterocycles. The first-order chi connectivity index (χ1) is 9.28. The van der Waals surface area contributed by atoms with Crippen LogP contribution in [0.25, 0.3) is 0 Å². The SMILES string of the molecule is COC(=O)C1(O)Cc2c(F)cc(C[N+](=O)[O-])c(F)c2C1. The van der Waals surface area contributed by atoms with Gasteiger partial charge in [-0.2, -0.15) is 0 Å². The van der Waals surface area contributed by atoms with Gasteiger partial charge in [0.25, 0.3) is 0 Å². The minimum atomic E-state index is -2.04. The zero-order valence-electron chi connectivity index (χ0n) is 10.5. The van der Waals surface area contributed by atoms with Crippen molar-refractivity contribution in [2.45, 2.75) is 25.0 Å². The number of rotatable bonds is 3. The van der Waals surface area contributed by atoms with E-state index in [1.165, 1.54) is 0 Å². The van der Waals surface area contributed by atoms with Crippen molar-refractivity contribution in [1.82, 2.24) is 0 Å². The molecule has 0 bridgehead atoms. The van der Waals surface area contributed by atoms with E-state index in [1.807, 2.05) is 0 Å². The monoisotopic (exact) mass is 287 g/mol. The summed E-state index contributed by atoms with van der Waals surface area (Å²) in [5.74, 6) is -2.83. The van der Waals surface area contributed by atoms with Crippen LogP contribution in [0.15, 0.2) is 6.07 Å². The van der Waals surface area contributed by atoms with Gasteiger partial charge in [0, 0.05) is 17.8 Å². The van der Waals surface area contributed by atoms with Gasteiger partial charge in [-0.1, -0.05) is 0 Å². The molecule has 8 heteroatoms. The molecule has 2 rings (SSSR count). The van der Waals surface area contributed by atoms with E-state index in [-0.39, 0.29) is 11.1 Å². The molecule has 1 unspecified atom stereocenters. The lowest BCUT2D eigenvalue weighted by Crippen LogP contribution is -2.40. The number of methoxy groups -OCH3 is 1. The van der Waals surface area contributed by atoms with Gasteiger partial charge in [-0.15, -0.1) is 0 Å². The molecule has 0 spiro atoms. The molecule has 1 atom stereocenters. The summed E-state index contributed by atoms with van der Waals surface area (Å²) in [6.07, 6.45) is -0.889. The van der Waals surface area contributed by atoms with Crippen LogP contribution in [0, 0.1) is 21.7 Å². The molecular formula is C12H11F2NO5. The van der Waals surface area contributed by atoms with Crippen LogP contribution >= 0.6 is 0 Å². The molecule has 1 aliphatic rings. The van der Waals surface area contributed by atoms with Gasteiger partial charge < -0.3 is 9.84 Å². The summed E-state index contributed by atoms with van der Waals surface area (Å²) in [6.45, 7) is -0.868. The highest BCUT2D eigenvalue weighted by Gasteiger charge is 2.46. The summed E-state index contributed by atoms with van der Waals surface area (Å²) in [4.78, 5) is 21.1. The van der Waals surface area contributed by atoms with E-state index in [9.17, 15) is 28.8 Å². The van der Waals surface area contributed by atoms with Gasteiger partial charge in [0.15, 0.2) is 5.60 Å². The summed E-state index contributed by atoms with van der Waals surface area (Å²) in [7, 11) is 1.05. The van der Waals surface area contributed by atoms with Crippen LogP contribution in [-0.4, -0.2) is 28.7 Å². The molecule has 1 N–H and O–H groups in total. The van der Waals surface area contributed by atoms with Crippen molar-refractivity contribution in [2.24, 2.45) is 0 Å². The Hall–Kier alpha value is -2.09. The fraction of sp³-hybridized carbons (Fsp3) is 0.417. The smallest absolute Gasteiger partial charge is 0.338 e. The molecule has 108 valence electrons. The average molecular weight is 287 g/mol. The van der Waals surface area contributed by atoms with Gasteiger partial charge in [-0.3, -0.25) is 10.1 Å². The number of hydrogen-bond donors (Lipinski definition) is 1. The largest absolute Gasteiger partial charge is 0.467 e. The Morgan fingerprint density at radius 2 is 2.10 bits per heavy atom. The maximum absolute atomic E-state index is 14.1. The van der Waals surface area contributed by atoms with Gasteiger partial charge in [0.1, 0.15) is 11.6 Å². The highest BCUT2D eigenvalue weighted by Crippen LogP contribution is 2.36. The third kappa shape index (κ3) is 2.22. The van der Waals surface area contributed by atoms with E-state index in [0.29, 0.717) is 0 Å². The van der Waals surface area contributed by atoms with Crippen molar-refractivity contribution in [3.8, 4) is 0 Å². The normalized spacial score (nSPS) is 20.6. The van der Waals surface area contributed by atoms with Crippen LogP contribution in [0.3, 0.4) is 0 Å². The number of aliphatic hydroxyl groups is 1. The Bertz CT molecular complexity index is 604. The molecule has 0 aliphatic heterocycles. The average Bonchev–Trinajstić information content (AvgIpc) is 2.74. The number of carbonyl (C=O) groups is 1. The molecule has 1 aromatic rings. The molecule has 6 nitrogen and oxygen atoms in total. The van der Waals surface area contributed by atoms with E-state index < -0.39 is 53.1 Å². The number of nitrogens with zero attached hydrogens (tertiary/aromatic N) is 1. The third-order valence-corrected chi connectivity index (χ3v) is 3.30. The van der Waals surface area contributed by atoms with Crippen molar-refractivity contribution < 1.29 is 28.3 Å². The van der Waals surface area contributed by atoms with Crippen molar-refractivity contribution in [3.63, 3.8) is 0 Å². The molecule has 0 amide bonds. The summed E-state index contributed by atoms with van der Waals surface area (Å²) in [5, 5.41) is 20.5. The van der Waals surface area contributed by atoms with Crippen LogP contribution < -0.4 is 0 Å². The van der Waals surface area contributed by atoms with Crippen molar-refractivity contribution in [1.29, 1.82) is 0 Å². The molecule has 0 saturated carbocycles. The van der Waals surface area contributed by atoms with E-state index in [4.69, 9.17) is 0 Å². The predicted octanol–water partition coefficient (Wildman–Crippen LogP) is 0.744. The predicted molar refractivity (Wildman–Crippen MR) is 61.4 cm³/mol. The third-order valence-electron chi connectivity index (χ3n) is 3.30. The number of carbonyl (C=O) groups excluding carboxylic acids is 1. The lowest BCUT2D eigenvalue weighted by molar-refractivity contribution is -0.497. The molecule has 1 aliphatic carbocycles. The summed E-state index contributed by atoms with van der Waals surface area (Å²) < 4.78 is 32.3. The maximum Gasteiger partial charge on any atom is 0.338 e. The Morgan fingerprint density at radius 1 is 1.50 bits per heavy atom. The van der Waals surface area contributed by atoms with Crippen molar-refractivity contribution in [3.05, 3.63) is 44.5 Å². The Labute approximate surface area is 112 Å². The van der Waals surface area contributed by atoms with Crippen LogP contribution in [0.5, 0.6) is 0 Å². The first-order valence-corrected chi connectivity index (χ1v) is 5.69. The number of fused-ring (bicyclic) bond motifs is 1. The van der Waals surface area contributed by atoms with Gasteiger partial charge in [0.2, 0.25) is 6.54 Å². The Morgan fingerprint density at radius 3 is 2.65 bits per heavy atom. The van der Waals surface area contributed by atoms with E-state index >= 15 is 0 Å². The summed E-state index contributed by atoms with van der Waals surface area (Å²) >= 11 is 0. The molecule has 20 heavy (non-hydrogen) atoms. The van der Waals surface area contributed by atoms with Crippen LogP contribution in [0.4, 0.5) is 8.78 Å². The molecule has 0 fully saturated rings. The van der Waals surface area contributed by atoms with E-state index in [0.717, 1.165) is 13.2 Å². The molecule has 1 aromatic carbocycles. The zero-order valence-corrected chi connectivity index (χ0v) is 10.5. The maximum atomic E-state index is 14.1. The minimum absolute atomic E-state index is 0.150. The van der Waals surface area contributed by atoms with E-state index in [1.54, 1.807) is 0 Å². The zero-order chi connectivity index (χ0) is 15.1. The fourth-order valence-electron chi connectivity index (χ4n) is 2.39. The molecule has 0 heterocycles. The topological polar surface area (TPSA) is 89.7 Å². The second-order valence-corrected chi connectivity index (χ2v) is 4.66. The standard InChI is InChI=1S/C12H11F2NO5/c1-20-11(16)12(17)3-7-8(4-12)10(14)6(2-9(7)13)5-15(18)19/h2,17H,3-5H2,1H3. The number of halogens is 2. The van der Waals surface area contributed by atoms with Gasteiger partial charge in [-0.25, -0.2) is 13.6 Å². The van der Waals surface area contributed by atoms with Gasteiger partial charge in [-0.05, 0) is 17.2 Å². The second-order valence-electron chi connectivity index (χ2n) is 4.66. The number of esters is 1. The lowest BCUT2D eigenvalue weighted by atomic mass is 10.0. The van der Waals surface area contributed by atoms with Crippen LogP contribution in [0.2, 0.25) is 0 Å². The summed E-state index contributed by atoms with van der Waals surface area (Å²) in [6, 6.07) is 0.722. The lowest BCUT2D eigenvalue weighted by Gasteiger charge is -2.18. The number of nitro groups is 1. The fourth-order valence-corrected chi connectivity index (χ4v) is 2.39. The van der Waals surface area contributed by atoms with E-state index in [2.05, 4.69) is 4.74 Å². The first kappa shape index (κ1) is 14.3. The van der Waals surface area contributed by atoms with Crippen LogP contribution in [0.1, 0.15) is 16.7 Å². The second kappa shape index (κ2) is 4.78. The number of ether oxygens (including phenoxy) is 1. The van der Waals surface area contributed by atoms with Gasteiger partial charge in [0.05, 0.1) is 12.7 Å². The quantitative estimate of drug-likeness (QED) is 0.503. The first-order valence-electron chi connectivity index (χ1n) is 5.69. The highest BCUT2D eigenvalue weighted by molar-refractivity contribution is 5.81. The number of hydrogen-bond acceptors (Lipinski definition) is 5. The number of benzene rings is 1. The summed E-state index contributed by atoms with van der Waals surface area (Å²) in [5.41, 5.74) is -2.82. The van der Waals surface area contributed by atoms with Crippen molar-refractivity contribution in [2.75, 3.05) is 7.11 Å². The van der Waals surface area contributed by atoms with Crippen molar-refractivity contribution >= 4 is 5.97 Å². The molecular weight excluding hydrogens is 276 g/mol. The molecule has 0 radical (unpaired) electrons.